The summed E-state index contributed by atoms with van der Waals surface area (Å²) in [6, 6.07) is 9.57. The molecule has 1 saturated heterocycles. The first-order chi connectivity index (χ1) is 14.5. The van der Waals surface area contributed by atoms with Crippen molar-refractivity contribution in [3.63, 3.8) is 0 Å². The maximum Gasteiger partial charge on any atom is 0.282 e. The number of benzene rings is 1. The highest BCUT2D eigenvalue weighted by molar-refractivity contribution is 7.20. The Labute approximate surface area is 192 Å². The highest BCUT2D eigenvalue weighted by Crippen LogP contribution is 2.44. The summed E-state index contributed by atoms with van der Waals surface area (Å²) in [5, 5.41) is 9.85. The van der Waals surface area contributed by atoms with E-state index in [1.807, 2.05) is 22.2 Å². The number of nitrogens with zero attached hydrogens (tertiary/aromatic N) is 3. The van der Waals surface area contributed by atoms with Crippen molar-refractivity contribution in [2.45, 2.75) is 38.6 Å². The molecule has 4 rings (SSSR count). The topological polar surface area (TPSA) is 47.9 Å². The molecule has 3 heterocycles. The zero-order valence-corrected chi connectivity index (χ0v) is 19.5. The van der Waals surface area contributed by atoms with Crippen molar-refractivity contribution in [1.29, 1.82) is 0 Å². The van der Waals surface area contributed by atoms with Gasteiger partial charge in [-0.15, -0.1) is 0 Å². The van der Waals surface area contributed by atoms with E-state index in [4.69, 9.17) is 28.3 Å². The lowest BCUT2D eigenvalue weighted by Crippen LogP contribution is -2.48. The van der Waals surface area contributed by atoms with Crippen LogP contribution in [0.15, 0.2) is 35.4 Å². The Bertz CT molecular complexity index is 960. The molecule has 1 N–H and O–H groups in total. The fourth-order valence-corrected chi connectivity index (χ4v) is 5.74. The van der Waals surface area contributed by atoms with Crippen LogP contribution < -0.4 is 15.2 Å². The van der Waals surface area contributed by atoms with Crippen molar-refractivity contribution in [3.05, 3.63) is 45.3 Å². The first-order valence-electron chi connectivity index (χ1n) is 10.4. The molecule has 1 aromatic heterocycles. The van der Waals surface area contributed by atoms with Crippen LogP contribution in [0.3, 0.4) is 0 Å². The first-order valence-corrected chi connectivity index (χ1v) is 12.0. The molecule has 158 valence electrons. The summed E-state index contributed by atoms with van der Waals surface area (Å²) < 4.78 is 1.23. The largest absolute Gasteiger partial charge is 0.284 e. The Kier molecular flexibility index (Phi) is 6.73. The van der Waals surface area contributed by atoms with Gasteiger partial charge in [-0.2, -0.15) is 16.4 Å². The molecule has 5 nitrogen and oxygen atoms in total. The Balaban J connectivity index is 1.70. The number of amides is 1. The van der Waals surface area contributed by atoms with Crippen LogP contribution in [0.2, 0.25) is 10.0 Å². The van der Waals surface area contributed by atoms with Crippen LogP contribution >= 0.6 is 34.5 Å². The fraction of sp³-hybridized carbons (Fsp3) is 0.429. The molecule has 9 heteroatoms. The van der Waals surface area contributed by atoms with E-state index in [0.29, 0.717) is 15.8 Å². The predicted octanol–water partition coefficient (Wildman–Crippen LogP) is 3.77. The van der Waals surface area contributed by atoms with Crippen LogP contribution in [0.5, 0.6) is 0 Å². The molecule has 1 fully saturated rings. The van der Waals surface area contributed by atoms with Crippen molar-refractivity contribution >= 4 is 64.5 Å². The van der Waals surface area contributed by atoms with Crippen molar-refractivity contribution in [2.24, 2.45) is 11.0 Å². The van der Waals surface area contributed by atoms with Gasteiger partial charge in [0.1, 0.15) is 5.71 Å². The summed E-state index contributed by atoms with van der Waals surface area (Å²) >= 11 is 14.4. The lowest BCUT2D eigenvalue weighted by atomic mass is 9.91. The average molecular weight is 463 g/mol. The number of hydrogen-bond acceptors (Lipinski definition) is 5. The SMILES string of the molecule is Bc1ccc([C@H]2[C@@H](CC)C(C(=O)NN3CCCCC3)=NN2c2ccc(Cl)cc2Cl)s1. The van der Waals surface area contributed by atoms with Crippen LogP contribution in [0.1, 0.15) is 43.5 Å². The molecule has 0 radical (unpaired) electrons. The van der Waals surface area contributed by atoms with Crippen molar-refractivity contribution in [3.8, 4) is 0 Å². The smallest absolute Gasteiger partial charge is 0.282 e. The average Bonchev–Trinajstić information content (AvgIpc) is 3.32. The lowest BCUT2D eigenvalue weighted by Gasteiger charge is -2.28. The van der Waals surface area contributed by atoms with Gasteiger partial charge >= 0.3 is 0 Å². The summed E-state index contributed by atoms with van der Waals surface area (Å²) in [5.74, 6) is -0.144. The van der Waals surface area contributed by atoms with Gasteiger partial charge in [0.05, 0.1) is 16.8 Å². The Morgan fingerprint density at radius 1 is 1.23 bits per heavy atom. The standard InChI is InChI=1S/C21H25BCl2N4OS/c1-2-14-19(21(29)26-27-10-4-3-5-11-27)25-28(16-7-6-13(23)12-15(16)24)20(14)17-8-9-18(22)30-17/h6-9,12,14,20H,2-5,10-11,22H2,1H3,(H,26,29)/t14-,20+/m0/s1. The highest BCUT2D eigenvalue weighted by atomic mass is 35.5. The summed E-state index contributed by atoms with van der Waals surface area (Å²) in [7, 11) is 2.09. The van der Waals surface area contributed by atoms with E-state index in [2.05, 4.69) is 32.3 Å². The van der Waals surface area contributed by atoms with Crippen LogP contribution in [-0.2, 0) is 4.79 Å². The van der Waals surface area contributed by atoms with Gasteiger partial charge in [0.25, 0.3) is 5.91 Å². The second kappa shape index (κ2) is 9.31. The zero-order valence-electron chi connectivity index (χ0n) is 17.2. The third kappa shape index (κ3) is 4.40. The van der Waals surface area contributed by atoms with E-state index < -0.39 is 0 Å². The Hall–Kier alpha value is -1.54. The maximum atomic E-state index is 13.2. The second-order valence-corrected chi connectivity index (χ2v) is 9.99. The Morgan fingerprint density at radius 3 is 2.63 bits per heavy atom. The molecule has 0 bridgehead atoms. The number of hydrazone groups is 1. The quantitative estimate of drug-likeness (QED) is 0.688. The number of hydrogen-bond donors (Lipinski definition) is 1. The van der Waals surface area contributed by atoms with Crippen molar-refractivity contribution in [1.82, 2.24) is 10.4 Å². The molecule has 0 spiro atoms. The molecule has 0 saturated carbocycles. The van der Waals surface area contributed by atoms with E-state index in [1.54, 1.807) is 17.4 Å². The molecule has 2 atom stereocenters. The molecule has 2 aliphatic rings. The van der Waals surface area contributed by atoms with Gasteiger partial charge in [-0.25, -0.2) is 5.01 Å². The van der Waals surface area contributed by atoms with E-state index in [-0.39, 0.29) is 17.9 Å². The molecule has 30 heavy (non-hydrogen) atoms. The third-order valence-corrected chi connectivity index (χ3v) is 7.32. The van der Waals surface area contributed by atoms with Gasteiger partial charge in [-0.1, -0.05) is 42.6 Å². The van der Waals surface area contributed by atoms with Crippen LogP contribution in [0.4, 0.5) is 5.69 Å². The van der Waals surface area contributed by atoms with E-state index >= 15 is 0 Å². The number of piperidine rings is 1. The zero-order chi connectivity index (χ0) is 21.3. The molecule has 0 unspecified atom stereocenters. The minimum Gasteiger partial charge on any atom is -0.284 e. The minimum absolute atomic E-state index is 0.0282. The normalized spacial score (nSPS) is 22.2. The molecule has 1 aromatic carbocycles. The number of carbonyl (C=O) groups is 1. The number of hydrazine groups is 1. The maximum absolute atomic E-state index is 13.2. The van der Waals surface area contributed by atoms with Crippen molar-refractivity contribution in [2.75, 3.05) is 18.1 Å². The summed E-state index contributed by atoms with van der Waals surface area (Å²) in [5.41, 5.74) is 4.41. The van der Waals surface area contributed by atoms with Gasteiger partial charge in [0.2, 0.25) is 0 Å². The van der Waals surface area contributed by atoms with Gasteiger partial charge in [-0.05, 0) is 48.3 Å². The second-order valence-electron chi connectivity index (χ2n) is 7.82. The van der Waals surface area contributed by atoms with Gasteiger partial charge in [0.15, 0.2) is 7.85 Å². The Morgan fingerprint density at radius 2 is 2.00 bits per heavy atom. The number of carbonyl (C=O) groups excluding carboxylic acids is 1. The van der Waals surface area contributed by atoms with E-state index in [0.717, 1.165) is 38.0 Å². The molecule has 1 amide bonds. The first kappa shape index (κ1) is 21.7. The van der Waals surface area contributed by atoms with Gasteiger partial charge in [-0.3, -0.25) is 15.2 Å². The van der Waals surface area contributed by atoms with Crippen LogP contribution in [0, 0.1) is 5.92 Å². The predicted molar refractivity (Wildman–Crippen MR) is 129 cm³/mol. The minimum atomic E-state index is -0.116. The number of rotatable bonds is 5. The summed E-state index contributed by atoms with van der Waals surface area (Å²) in [6.45, 7) is 3.88. The monoisotopic (exact) mass is 462 g/mol. The number of anilines is 1. The molecule has 2 aliphatic heterocycles. The molecule has 0 aliphatic carbocycles. The fourth-order valence-electron chi connectivity index (χ4n) is 4.21. The molecule has 2 aromatic rings. The number of thiophene rings is 1. The molecular formula is C21H25BCl2N4OS. The van der Waals surface area contributed by atoms with Gasteiger partial charge in [0, 0.05) is 28.9 Å². The van der Waals surface area contributed by atoms with E-state index in [1.165, 1.54) is 16.1 Å². The van der Waals surface area contributed by atoms with Crippen LogP contribution in [-0.4, -0.2) is 37.6 Å². The molecular weight excluding hydrogens is 438 g/mol. The van der Waals surface area contributed by atoms with Gasteiger partial charge < -0.3 is 0 Å². The van der Waals surface area contributed by atoms with Crippen molar-refractivity contribution < 1.29 is 4.79 Å². The summed E-state index contributed by atoms with van der Waals surface area (Å²) in [6.07, 6.45) is 4.23. The highest BCUT2D eigenvalue weighted by Gasteiger charge is 2.42. The number of nitrogens with one attached hydrogen (secondary N) is 1. The third-order valence-electron chi connectivity index (χ3n) is 5.71. The van der Waals surface area contributed by atoms with Crippen LogP contribution in [0.25, 0.3) is 0 Å². The lowest BCUT2D eigenvalue weighted by molar-refractivity contribution is -0.120. The number of halogens is 2. The van der Waals surface area contributed by atoms with E-state index in [9.17, 15) is 4.79 Å². The summed E-state index contributed by atoms with van der Waals surface area (Å²) in [4.78, 5) is 14.4.